The highest BCUT2D eigenvalue weighted by atomic mass is 79.9. The lowest BCUT2D eigenvalue weighted by Gasteiger charge is -1.96. The van der Waals surface area contributed by atoms with Crippen LogP contribution in [-0.2, 0) is 0 Å². The summed E-state index contributed by atoms with van der Waals surface area (Å²) in [5.41, 5.74) is 0.845. The topological polar surface area (TPSA) is 55.1 Å². The molecule has 0 fully saturated rings. The molecule has 0 aliphatic heterocycles. The maximum absolute atomic E-state index is 11.8. The van der Waals surface area contributed by atoms with Crippen LogP contribution in [0.25, 0.3) is 10.2 Å². The number of carbonyl (C=O) groups is 1. The normalized spacial score (nSPS) is 10.7. The molecule has 2 aromatic heterocycles. The molecule has 0 aliphatic rings. The Morgan fingerprint density at radius 2 is 2.22 bits per heavy atom. The number of halogens is 1. The molecule has 0 radical (unpaired) electrons. The van der Waals surface area contributed by atoms with Crippen molar-refractivity contribution in [3.63, 3.8) is 0 Å². The first-order chi connectivity index (χ1) is 8.74. The highest BCUT2D eigenvalue weighted by molar-refractivity contribution is 9.10. The summed E-state index contributed by atoms with van der Waals surface area (Å²) in [6.07, 6.45) is 1.46. The number of amides is 1. The van der Waals surface area contributed by atoms with E-state index in [2.05, 4.69) is 26.2 Å². The summed E-state index contributed by atoms with van der Waals surface area (Å²) in [5.74, 6) is -0.0245. The van der Waals surface area contributed by atoms with Gasteiger partial charge >= 0.3 is 0 Å². The Morgan fingerprint density at radius 3 is 2.94 bits per heavy atom. The number of furan rings is 1. The van der Waals surface area contributed by atoms with Crippen molar-refractivity contribution < 1.29 is 9.21 Å². The number of fused-ring (bicyclic) bond motifs is 1. The fourth-order valence-corrected chi connectivity index (χ4v) is 3.01. The Morgan fingerprint density at radius 1 is 1.33 bits per heavy atom. The lowest BCUT2D eigenvalue weighted by molar-refractivity contribution is 0.0996. The molecule has 0 spiro atoms. The fraction of sp³-hybridized carbons (Fsp3) is 0. The number of thiazole rings is 1. The number of hydrogen-bond donors (Lipinski definition) is 1. The van der Waals surface area contributed by atoms with Crippen LogP contribution in [0.3, 0.4) is 0 Å². The van der Waals surface area contributed by atoms with Crippen molar-refractivity contribution in [2.75, 3.05) is 5.32 Å². The van der Waals surface area contributed by atoms with E-state index in [1.807, 2.05) is 18.2 Å². The molecule has 0 atom stereocenters. The molecule has 2 heterocycles. The number of nitrogens with one attached hydrogen (secondary N) is 1. The van der Waals surface area contributed by atoms with Gasteiger partial charge in [-0.1, -0.05) is 17.4 Å². The summed E-state index contributed by atoms with van der Waals surface area (Å²) in [4.78, 5) is 16.1. The monoisotopic (exact) mass is 322 g/mol. The molecule has 3 rings (SSSR count). The Balaban J connectivity index is 1.92. The van der Waals surface area contributed by atoms with E-state index >= 15 is 0 Å². The van der Waals surface area contributed by atoms with Crippen LogP contribution >= 0.6 is 27.3 Å². The average Bonchev–Trinajstić information content (AvgIpc) is 2.97. The van der Waals surface area contributed by atoms with Crippen LogP contribution in [0.4, 0.5) is 5.13 Å². The van der Waals surface area contributed by atoms with Crippen LogP contribution in [0.5, 0.6) is 0 Å². The molecule has 90 valence electrons. The van der Waals surface area contributed by atoms with Gasteiger partial charge in [-0.05, 0) is 40.2 Å². The number of carbonyl (C=O) groups excluding carboxylic acids is 1. The van der Waals surface area contributed by atoms with E-state index in [1.165, 1.54) is 17.6 Å². The predicted molar refractivity (Wildman–Crippen MR) is 74.0 cm³/mol. The predicted octanol–water partition coefficient (Wildman–Crippen LogP) is 3.90. The van der Waals surface area contributed by atoms with Crippen LogP contribution in [0.1, 0.15) is 10.6 Å². The van der Waals surface area contributed by atoms with E-state index < -0.39 is 0 Å². The van der Waals surface area contributed by atoms with Gasteiger partial charge in [-0.15, -0.1) is 0 Å². The Hall–Kier alpha value is -1.66. The van der Waals surface area contributed by atoms with Crippen LogP contribution in [-0.4, -0.2) is 10.9 Å². The molecule has 6 heteroatoms. The maximum atomic E-state index is 11.8. The highest BCUT2D eigenvalue weighted by Crippen LogP contribution is 2.30. The van der Waals surface area contributed by atoms with Crippen LogP contribution in [0.15, 0.2) is 45.5 Å². The van der Waals surface area contributed by atoms with Crippen molar-refractivity contribution >= 4 is 48.5 Å². The van der Waals surface area contributed by atoms with Gasteiger partial charge in [0.1, 0.15) is 0 Å². The second-order valence-electron chi connectivity index (χ2n) is 3.54. The summed E-state index contributed by atoms with van der Waals surface area (Å²) >= 11 is 4.85. The largest absolute Gasteiger partial charge is 0.459 e. The van der Waals surface area contributed by atoms with Gasteiger partial charge in [-0.2, -0.15) is 0 Å². The van der Waals surface area contributed by atoms with Crippen molar-refractivity contribution in [3.8, 4) is 0 Å². The van der Waals surface area contributed by atoms with Crippen LogP contribution in [0, 0.1) is 0 Å². The molecule has 1 amide bonds. The van der Waals surface area contributed by atoms with E-state index in [9.17, 15) is 4.79 Å². The number of para-hydroxylation sites is 1. The summed E-state index contributed by atoms with van der Waals surface area (Å²) in [7, 11) is 0. The first-order valence-electron chi connectivity index (χ1n) is 5.14. The fourth-order valence-electron chi connectivity index (χ4n) is 1.53. The van der Waals surface area contributed by atoms with Crippen LogP contribution < -0.4 is 5.32 Å². The molecule has 0 aliphatic carbocycles. The molecule has 4 nitrogen and oxygen atoms in total. The van der Waals surface area contributed by atoms with Crippen molar-refractivity contribution in [1.29, 1.82) is 0 Å². The van der Waals surface area contributed by atoms with E-state index in [0.29, 0.717) is 5.13 Å². The smallest absolute Gasteiger partial charge is 0.293 e. The van der Waals surface area contributed by atoms with Crippen LogP contribution in [0.2, 0.25) is 0 Å². The Labute approximate surface area is 115 Å². The third-order valence-corrected chi connectivity index (χ3v) is 3.91. The molecule has 1 aromatic carbocycles. The summed E-state index contributed by atoms with van der Waals surface area (Å²) < 4.78 is 6.95. The quantitative estimate of drug-likeness (QED) is 0.778. The zero-order valence-corrected chi connectivity index (χ0v) is 11.4. The number of benzene rings is 1. The van der Waals surface area contributed by atoms with Gasteiger partial charge in [0.05, 0.1) is 16.5 Å². The zero-order valence-electron chi connectivity index (χ0n) is 9.01. The van der Waals surface area contributed by atoms with Gasteiger partial charge in [0.2, 0.25) is 0 Å². The number of aromatic nitrogens is 1. The number of nitrogens with zero attached hydrogens (tertiary/aromatic N) is 1. The minimum Gasteiger partial charge on any atom is -0.459 e. The molecule has 18 heavy (non-hydrogen) atoms. The van der Waals surface area contributed by atoms with E-state index in [4.69, 9.17) is 4.42 Å². The molecule has 0 unspecified atom stereocenters. The molecule has 1 N–H and O–H groups in total. The van der Waals surface area contributed by atoms with Gasteiger partial charge in [-0.25, -0.2) is 4.98 Å². The molecule has 3 aromatic rings. The van der Waals surface area contributed by atoms with Crippen molar-refractivity contribution in [2.45, 2.75) is 0 Å². The minimum absolute atomic E-state index is 0.272. The Kier molecular flexibility index (Phi) is 2.89. The third-order valence-electron chi connectivity index (χ3n) is 2.34. The standard InChI is InChI=1S/C12H7BrN2O2S/c13-7-3-1-5-9-10(7)14-12(18-9)15-11(16)8-4-2-6-17-8/h1-6H,(H,14,15,16). The van der Waals surface area contributed by atoms with Gasteiger partial charge in [0, 0.05) is 4.47 Å². The van der Waals surface area contributed by atoms with E-state index in [1.54, 1.807) is 12.1 Å². The Bertz CT molecular complexity index is 706. The van der Waals surface area contributed by atoms with Gasteiger partial charge in [0.15, 0.2) is 10.9 Å². The van der Waals surface area contributed by atoms with Gasteiger partial charge in [0.25, 0.3) is 5.91 Å². The second kappa shape index (κ2) is 4.55. The summed E-state index contributed by atoms with van der Waals surface area (Å²) in [5, 5.41) is 3.27. The third kappa shape index (κ3) is 2.04. The molecule has 0 saturated heterocycles. The molecule has 0 saturated carbocycles. The zero-order chi connectivity index (χ0) is 12.5. The second-order valence-corrected chi connectivity index (χ2v) is 5.42. The molecular weight excluding hydrogens is 316 g/mol. The first kappa shape index (κ1) is 11.4. The van der Waals surface area contributed by atoms with Crippen molar-refractivity contribution in [1.82, 2.24) is 4.98 Å². The summed E-state index contributed by atoms with van der Waals surface area (Å²) in [6.45, 7) is 0. The van der Waals surface area contributed by atoms with E-state index in [0.717, 1.165) is 14.7 Å². The minimum atomic E-state index is -0.296. The molecule has 0 bridgehead atoms. The van der Waals surface area contributed by atoms with Gasteiger partial charge < -0.3 is 4.42 Å². The average molecular weight is 323 g/mol. The number of rotatable bonds is 2. The maximum Gasteiger partial charge on any atom is 0.293 e. The summed E-state index contributed by atoms with van der Waals surface area (Å²) in [6, 6.07) is 9.09. The van der Waals surface area contributed by atoms with Crippen molar-refractivity contribution in [3.05, 3.63) is 46.8 Å². The van der Waals surface area contributed by atoms with Crippen molar-refractivity contribution in [2.24, 2.45) is 0 Å². The van der Waals surface area contributed by atoms with E-state index in [-0.39, 0.29) is 11.7 Å². The lowest BCUT2D eigenvalue weighted by atomic mass is 10.3. The molecular formula is C12H7BrN2O2S. The van der Waals surface area contributed by atoms with Gasteiger partial charge in [-0.3, -0.25) is 10.1 Å². The highest BCUT2D eigenvalue weighted by Gasteiger charge is 2.12. The lowest BCUT2D eigenvalue weighted by Crippen LogP contribution is -2.10. The SMILES string of the molecule is O=C(Nc1nc2c(Br)cccc2s1)c1ccco1. The number of anilines is 1. The number of hydrogen-bond acceptors (Lipinski definition) is 4. The first-order valence-corrected chi connectivity index (χ1v) is 6.75.